The van der Waals surface area contributed by atoms with E-state index in [-0.39, 0.29) is 23.8 Å². The minimum absolute atomic E-state index is 0.0293. The van der Waals surface area contributed by atoms with E-state index in [1.54, 1.807) is 6.26 Å². The van der Waals surface area contributed by atoms with Gasteiger partial charge in [-0.1, -0.05) is 45.0 Å². The zero-order chi connectivity index (χ0) is 24.1. The van der Waals surface area contributed by atoms with Crippen LogP contribution in [0.1, 0.15) is 60.9 Å². The van der Waals surface area contributed by atoms with Gasteiger partial charge in [0, 0.05) is 23.8 Å². The standard InChI is InChI=1S/C28H33N3O3/c1-28(2,3)22-10-12-23(13-11-22)29-26(32)19-31(18-25-5-4-16-34-25)17-20-6-8-21(9-7-20)27(33)30-24-14-15-24/h4-13,16,24H,14-15,17-19H2,1-3H3,(H,29,32)(H,30,33). The van der Waals surface area contributed by atoms with E-state index >= 15 is 0 Å². The van der Waals surface area contributed by atoms with Crippen molar-refractivity contribution in [2.24, 2.45) is 0 Å². The maximum absolute atomic E-state index is 12.8. The van der Waals surface area contributed by atoms with Crippen molar-refractivity contribution in [2.75, 3.05) is 11.9 Å². The second-order valence-electron chi connectivity index (χ2n) is 10.0. The van der Waals surface area contributed by atoms with E-state index in [1.165, 1.54) is 5.56 Å². The number of amides is 2. The fraction of sp³-hybridized carbons (Fsp3) is 0.357. The van der Waals surface area contributed by atoms with Gasteiger partial charge in [-0.3, -0.25) is 14.5 Å². The number of nitrogens with zero attached hydrogens (tertiary/aromatic N) is 1. The van der Waals surface area contributed by atoms with Crippen LogP contribution in [0.15, 0.2) is 71.3 Å². The van der Waals surface area contributed by atoms with E-state index in [0.717, 1.165) is 29.9 Å². The highest BCUT2D eigenvalue weighted by Crippen LogP contribution is 2.23. The zero-order valence-corrected chi connectivity index (χ0v) is 20.1. The van der Waals surface area contributed by atoms with Crippen LogP contribution in [0.25, 0.3) is 0 Å². The Labute approximate surface area is 201 Å². The first kappa shape index (κ1) is 23.8. The van der Waals surface area contributed by atoms with Crippen molar-refractivity contribution >= 4 is 17.5 Å². The van der Waals surface area contributed by atoms with Gasteiger partial charge in [0.2, 0.25) is 5.91 Å². The first-order valence-electron chi connectivity index (χ1n) is 11.8. The molecular weight excluding hydrogens is 426 g/mol. The smallest absolute Gasteiger partial charge is 0.251 e. The number of carbonyl (C=O) groups excluding carboxylic acids is 2. The van der Waals surface area contributed by atoms with Crippen LogP contribution in [-0.2, 0) is 23.3 Å². The number of anilines is 1. The summed E-state index contributed by atoms with van der Waals surface area (Å²) in [6.45, 7) is 7.78. The number of rotatable bonds is 9. The molecule has 0 bridgehead atoms. The Hall–Kier alpha value is -3.38. The first-order valence-corrected chi connectivity index (χ1v) is 11.8. The Morgan fingerprint density at radius 2 is 1.68 bits per heavy atom. The molecule has 178 valence electrons. The van der Waals surface area contributed by atoms with Crippen molar-refractivity contribution in [3.05, 3.63) is 89.4 Å². The molecule has 0 saturated heterocycles. The number of hydrogen-bond acceptors (Lipinski definition) is 4. The Kier molecular flexibility index (Phi) is 7.17. The van der Waals surface area contributed by atoms with Gasteiger partial charge in [-0.15, -0.1) is 0 Å². The molecular formula is C28H33N3O3. The lowest BCUT2D eigenvalue weighted by Gasteiger charge is -2.22. The van der Waals surface area contributed by atoms with Crippen molar-refractivity contribution in [1.29, 1.82) is 0 Å². The fourth-order valence-corrected chi connectivity index (χ4v) is 3.76. The molecule has 0 aliphatic heterocycles. The van der Waals surface area contributed by atoms with Crippen LogP contribution in [-0.4, -0.2) is 29.3 Å². The molecule has 0 atom stereocenters. The van der Waals surface area contributed by atoms with Gasteiger partial charge in [-0.25, -0.2) is 0 Å². The third-order valence-corrected chi connectivity index (χ3v) is 5.90. The fourth-order valence-electron chi connectivity index (χ4n) is 3.76. The van der Waals surface area contributed by atoms with Crippen molar-refractivity contribution in [3.63, 3.8) is 0 Å². The SMILES string of the molecule is CC(C)(C)c1ccc(NC(=O)CN(Cc2ccc(C(=O)NC3CC3)cc2)Cc2ccco2)cc1. The van der Waals surface area contributed by atoms with E-state index in [0.29, 0.717) is 24.7 Å². The molecule has 2 N–H and O–H groups in total. The molecule has 1 heterocycles. The number of furan rings is 1. The summed E-state index contributed by atoms with van der Waals surface area (Å²) in [7, 11) is 0. The van der Waals surface area contributed by atoms with Gasteiger partial charge in [-0.2, -0.15) is 0 Å². The highest BCUT2D eigenvalue weighted by atomic mass is 16.3. The van der Waals surface area contributed by atoms with Gasteiger partial charge in [-0.05, 0) is 65.8 Å². The van der Waals surface area contributed by atoms with E-state index in [1.807, 2.05) is 53.4 Å². The van der Waals surface area contributed by atoms with Crippen molar-refractivity contribution in [1.82, 2.24) is 10.2 Å². The molecule has 2 aromatic carbocycles. The number of carbonyl (C=O) groups is 2. The van der Waals surface area contributed by atoms with Crippen LogP contribution < -0.4 is 10.6 Å². The molecule has 4 rings (SSSR count). The molecule has 6 heteroatoms. The lowest BCUT2D eigenvalue weighted by Crippen LogP contribution is -2.32. The van der Waals surface area contributed by atoms with Gasteiger partial charge >= 0.3 is 0 Å². The van der Waals surface area contributed by atoms with Crippen molar-refractivity contribution < 1.29 is 14.0 Å². The summed E-state index contributed by atoms with van der Waals surface area (Å²) in [6, 6.07) is 19.7. The summed E-state index contributed by atoms with van der Waals surface area (Å²) in [6.07, 6.45) is 3.76. The summed E-state index contributed by atoms with van der Waals surface area (Å²) in [5.74, 6) is 0.677. The summed E-state index contributed by atoms with van der Waals surface area (Å²) in [5, 5.41) is 6.01. The van der Waals surface area contributed by atoms with Crippen LogP contribution in [0.5, 0.6) is 0 Å². The van der Waals surface area contributed by atoms with Gasteiger partial charge in [0.15, 0.2) is 0 Å². The molecule has 2 amide bonds. The van der Waals surface area contributed by atoms with Gasteiger partial charge in [0.1, 0.15) is 5.76 Å². The molecule has 1 aliphatic carbocycles. The maximum atomic E-state index is 12.8. The Morgan fingerprint density at radius 1 is 0.971 bits per heavy atom. The normalized spacial score (nSPS) is 13.6. The molecule has 1 aromatic heterocycles. The molecule has 1 fully saturated rings. The zero-order valence-electron chi connectivity index (χ0n) is 20.1. The molecule has 0 radical (unpaired) electrons. The molecule has 1 saturated carbocycles. The lowest BCUT2D eigenvalue weighted by atomic mass is 9.87. The predicted octanol–water partition coefficient (Wildman–Crippen LogP) is 5.11. The second kappa shape index (κ2) is 10.3. The molecule has 6 nitrogen and oxygen atoms in total. The molecule has 0 spiro atoms. The monoisotopic (exact) mass is 459 g/mol. The number of nitrogens with one attached hydrogen (secondary N) is 2. The Bertz CT molecular complexity index is 1090. The van der Waals surface area contributed by atoms with Crippen LogP contribution in [0.4, 0.5) is 5.69 Å². The van der Waals surface area contributed by atoms with E-state index in [2.05, 4.69) is 43.5 Å². The van der Waals surface area contributed by atoms with E-state index in [9.17, 15) is 9.59 Å². The topological polar surface area (TPSA) is 74.6 Å². The third-order valence-electron chi connectivity index (χ3n) is 5.90. The lowest BCUT2D eigenvalue weighted by molar-refractivity contribution is -0.117. The highest BCUT2D eigenvalue weighted by Gasteiger charge is 2.23. The third kappa shape index (κ3) is 6.81. The predicted molar refractivity (Wildman–Crippen MR) is 134 cm³/mol. The molecule has 34 heavy (non-hydrogen) atoms. The number of benzene rings is 2. The minimum atomic E-state index is -0.0875. The van der Waals surface area contributed by atoms with Crippen LogP contribution in [0.2, 0.25) is 0 Å². The van der Waals surface area contributed by atoms with Crippen molar-refractivity contribution in [2.45, 2.75) is 58.2 Å². The van der Waals surface area contributed by atoms with Crippen molar-refractivity contribution in [3.8, 4) is 0 Å². The maximum Gasteiger partial charge on any atom is 0.251 e. The quantitative estimate of drug-likeness (QED) is 0.466. The molecule has 3 aromatic rings. The summed E-state index contributed by atoms with van der Waals surface area (Å²) in [5.41, 5.74) is 3.75. The van der Waals surface area contributed by atoms with E-state index in [4.69, 9.17) is 4.42 Å². The summed E-state index contributed by atoms with van der Waals surface area (Å²) < 4.78 is 5.51. The largest absolute Gasteiger partial charge is 0.468 e. The second-order valence-corrected chi connectivity index (χ2v) is 10.0. The van der Waals surface area contributed by atoms with E-state index < -0.39 is 0 Å². The average Bonchev–Trinajstić information content (AvgIpc) is 3.45. The Balaban J connectivity index is 1.39. The Morgan fingerprint density at radius 3 is 2.26 bits per heavy atom. The van der Waals surface area contributed by atoms with Crippen LogP contribution in [0, 0.1) is 0 Å². The summed E-state index contributed by atoms with van der Waals surface area (Å²) in [4.78, 5) is 27.1. The molecule has 1 aliphatic rings. The average molecular weight is 460 g/mol. The number of hydrogen-bond donors (Lipinski definition) is 2. The van der Waals surface area contributed by atoms with Crippen LogP contribution in [0.3, 0.4) is 0 Å². The van der Waals surface area contributed by atoms with Gasteiger partial charge in [0.25, 0.3) is 5.91 Å². The van der Waals surface area contributed by atoms with Gasteiger partial charge < -0.3 is 15.1 Å². The minimum Gasteiger partial charge on any atom is -0.468 e. The van der Waals surface area contributed by atoms with Gasteiger partial charge in [0.05, 0.1) is 19.4 Å². The van der Waals surface area contributed by atoms with Crippen LogP contribution >= 0.6 is 0 Å². The first-order chi connectivity index (χ1) is 16.3. The molecule has 0 unspecified atom stereocenters. The highest BCUT2D eigenvalue weighted by molar-refractivity contribution is 5.94. The summed E-state index contributed by atoms with van der Waals surface area (Å²) >= 11 is 0.